The molecule has 0 bridgehead atoms. The van der Waals surface area contributed by atoms with E-state index in [-0.39, 0.29) is 12.2 Å². The zero-order valence-electron chi connectivity index (χ0n) is 11.2. The lowest BCUT2D eigenvalue weighted by Gasteiger charge is -2.26. The molecule has 18 heavy (non-hydrogen) atoms. The maximum absolute atomic E-state index is 11.7. The van der Waals surface area contributed by atoms with Crippen LogP contribution in [0.5, 0.6) is 0 Å². The average Bonchev–Trinajstić information content (AvgIpc) is 2.15. The molecule has 6 nitrogen and oxygen atoms in total. The quantitative estimate of drug-likeness (QED) is 0.539. The molecule has 0 rings (SSSR count). The van der Waals surface area contributed by atoms with Gasteiger partial charge in [0.25, 0.3) is 0 Å². The molecular formula is C11H21NO5S. The van der Waals surface area contributed by atoms with Crippen LogP contribution in [0.2, 0.25) is 0 Å². The van der Waals surface area contributed by atoms with Gasteiger partial charge in [0.2, 0.25) is 0 Å². The SMILES string of the molecule is CCCC(C)(C)C(C(=O)O)=C(N)S(=O)(=O)OCC. The number of nitrogens with two attached hydrogens (primary N) is 1. The van der Waals surface area contributed by atoms with Crippen LogP contribution in [-0.2, 0) is 19.1 Å². The van der Waals surface area contributed by atoms with Gasteiger partial charge in [-0.05, 0) is 18.8 Å². The first kappa shape index (κ1) is 16.9. The van der Waals surface area contributed by atoms with Gasteiger partial charge in [0.05, 0.1) is 12.2 Å². The van der Waals surface area contributed by atoms with E-state index < -0.39 is 26.5 Å². The fraction of sp³-hybridized carbons (Fsp3) is 0.727. The molecule has 0 heterocycles. The molecule has 0 atom stereocenters. The molecule has 0 aromatic rings. The van der Waals surface area contributed by atoms with Crippen LogP contribution in [0.15, 0.2) is 10.6 Å². The molecule has 106 valence electrons. The molecule has 0 saturated carbocycles. The van der Waals surface area contributed by atoms with Crippen molar-refractivity contribution in [2.45, 2.75) is 40.5 Å². The van der Waals surface area contributed by atoms with Crippen LogP contribution in [0.3, 0.4) is 0 Å². The Morgan fingerprint density at radius 3 is 2.17 bits per heavy atom. The van der Waals surface area contributed by atoms with Gasteiger partial charge in [-0.1, -0.05) is 27.2 Å². The van der Waals surface area contributed by atoms with E-state index in [1.54, 1.807) is 13.8 Å². The summed E-state index contributed by atoms with van der Waals surface area (Å²) in [5.74, 6) is -1.34. The van der Waals surface area contributed by atoms with Crippen LogP contribution >= 0.6 is 0 Å². The van der Waals surface area contributed by atoms with E-state index in [4.69, 9.17) is 5.73 Å². The third-order valence-electron chi connectivity index (χ3n) is 2.55. The van der Waals surface area contributed by atoms with Crippen LogP contribution in [0.25, 0.3) is 0 Å². The highest BCUT2D eigenvalue weighted by atomic mass is 32.2. The second kappa shape index (κ2) is 6.19. The van der Waals surface area contributed by atoms with E-state index in [9.17, 15) is 18.3 Å². The van der Waals surface area contributed by atoms with Crippen molar-refractivity contribution in [1.82, 2.24) is 0 Å². The topological polar surface area (TPSA) is 107 Å². The first-order valence-electron chi connectivity index (χ1n) is 5.73. The second-order valence-corrected chi connectivity index (χ2v) is 6.12. The van der Waals surface area contributed by atoms with E-state index in [2.05, 4.69) is 4.18 Å². The lowest BCUT2D eigenvalue weighted by molar-refractivity contribution is -0.133. The predicted octanol–water partition coefficient (Wildman–Crippen LogP) is 1.43. The molecule has 0 aliphatic carbocycles. The highest BCUT2D eigenvalue weighted by Crippen LogP contribution is 2.34. The molecule has 0 aromatic carbocycles. The normalized spacial score (nSPS) is 14.2. The average molecular weight is 279 g/mol. The number of carbonyl (C=O) groups is 1. The minimum absolute atomic E-state index is 0.0931. The van der Waals surface area contributed by atoms with Crippen molar-refractivity contribution in [3.8, 4) is 0 Å². The van der Waals surface area contributed by atoms with Crippen LogP contribution < -0.4 is 5.73 Å². The predicted molar refractivity (Wildman–Crippen MR) is 68.1 cm³/mol. The maximum Gasteiger partial charge on any atom is 0.335 e. The minimum Gasteiger partial charge on any atom is -0.478 e. The van der Waals surface area contributed by atoms with Crippen molar-refractivity contribution in [3.63, 3.8) is 0 Å². The van der Waals surface area contributed by atoms with Crippen molar-refractivity contribution in [3.05, 3.63) is 10.6 Å². The summed E-state index contributed by atoms with van der Waals surface area (Å²) < 4.78 is 27.8. The number of carboxylic acids is 1. The molecule has 0 aliphatic heterocycles. The molecule has 0 spiro atoms. The Hall–Kier alpha value is -1.08. The zero-order chi connectivity index (χ0) is 14.6. The molecule has 0 aliphatic rings. The largest absolute Gasteiger partial charge is 0.478 e. The Bertz CT molecular complexity index is 436. The Balaban J connectivity index is 5.82. The van der Waals surface area contributed by atoms with E-state index in [0.29, 0.717) is 12.8 Å². The number of aliphatic carboxylic acids is 1. The summed E-state index contributed by atoms with van der Waals surface area (Å²) in [6, 6.07) is 0. The van der Waals surface area contributed by atoms with Crippen molar-refractivity contribution < 1.29 is 22.5 Å². The fourth-order valence-electron chi connectivity index (χ4n) is 1.82. The Morgan fingerprint density at radius 1 is 1.33 bits per heavy atom. The standard InChI is InChI=1S/C11H21NO5S/c1-5-7-11(3,4)8(10(13)14)9(12)18(15,16)17-6-2/h5-7,12H2,1-4H3,(H,13,14). The summed E-state index contributed by atoms with van der Waals surface area (Å²) in [4.78, 5) is 11.3. The molecule has 3 N–H and O–H groups in total. The van der Waals surface area contributed by atoms with Crippen LogP contribution in [-0.4, -0.2) is 26.1 Å². The fourth-order valence-corrected chi connectivity index (χ4v) is 2.87. The van der Waals surface area contributed by atoms with Crippen molar-refractivity contribution in [1.29, 1.82) is 0 Å². The number of rotatable bonds is 7. The number of carboxylic acid groups (broad SMARTS) is 1. The molecule has 0 fully saturated rings. The number of hydrogen-bond acceptors (Lipinski definition) is 5. The summed E-state index contributed by atoms with van der Waals surface area (Å²) in [7, 11) is -4.18. The van der Waals surface area contributed by atoms with E-state index in [1.165, 1.54) is 6.92 Å². The van der Waals surface area contributed by atoms with Crippen molar-refractivity contribution in [2.75, 3.05) is 6.61 Å². The first-order valence-corrected chi connectivity index (χ1v) is 7.14. The van der Waals surface area contributed by atoms with Crippen LogP contribution in [0.4, 0.5) is 0 Å². The van der Waals surface area contributed by atoms with E-state index in [0.717, 1.165) is 0 Å². The monoisotopic (exact) mass is 279 g/mol. The molecule has 0 unspecified atom stereocenters. The first-order chi connectivity index (χ1) is 8.10. The Morgan fingerprint density at radius 2 is 1.83 bits per heavy atom. The molecule has 0 saturated heterocycles. The summed E-state index contributed by atoms with van der Waals surface area (Å²) in [6.45, 7) is 6.57. The smallest absolute Gasteiger partial charge is 0.335 e. The second-order valence-electron chi connectivity index (χ2n) is 4.54. The highest BCUT2D eigenvalue weighted by Gasteiger charge is 2.35. The van der Waals surface area contributed by atoms with Gasteiger partial charge in [0, 0.05) is 0 Å². The molecule has 7 heteroatoms. The third-order valence-corrected chi connectivity index (χ3v) is 3.84. The minimum atomic E-state index is -4.18. The van der Waals surface area contributed by atoms with Gasteiger partial charge in [-0.25, -0.2) is 4.79 Å². The zero-order valence-corrected chi connectivity index (χ0v) is 12.0. The summed E-state index contributed by atoms with van der Waals surface area (Å²) in [5.41, 5.74) is 4.33. The van der Waals surface area contributed by atoms with Crippen LogP contribution in [0, 0.1) is 5.41 Å². The van der Waals surface area contributed by atoms with Gasteiger partial charge in [0.15, 0.2) is 5.03 Å². The van der Waals surface area contributed by atoms with Gasteiger partial charge in [-0.15, -0.1) is 0 Å². The third kappa shape index (κ3) is 3.99. The van der Waals surface area contributed by atoms with Crippen LogP contribution in [0.1, 0.15) is 40.5 Å². The molecular weight excluding hydrogens is 258 g/mol. The molecule has 0 aromatic heterocycles. The lowest BCUT2D eigenvalue weighted by atomic mass is 9.80. The van der Waals surface area contributed by atoms with Crippen molar-refractivity contribution in [2.24, 2.45) is 11.1 Å². The maximum atomic E-state index is 11.7. The van der Waals surface area contributed by atoms with Crippen molar-refractivity contribution >= 4 is 16.1 Å². The number of hydrogen-bond donors (Lipinski definition) is 2. The summed E-state index contributed by atoms with van der Waals surface area (Å²) in [6.07, 6.45) is 1.22. The Labute approximate surface area is 108 Å². The van der Waals surface area contributed by atoms with E-state index in [1.807, 2.05) is 6.92 Å². The van der Waals surface area contributed by atoms with Gasteiger partial charge >= 0.3 is 16.1 Å². The highest BCUT2D eigenvalue weighted by molar-refractivity contribution is 7.90. The van der Waals surface area contributed by atoms with E-state index >= 15 is 0 Å². The lowest BCUT2D eigenvalue weighted by Crippen LogP contribution is -2.29. The van der Waals surface area contributed by atoms with Gasteiger partial charge in [-0.2, -0.15) is 8.42 Å². The Kier molecular flexibility index (Phi) is 5.82. The summed E-state index contributed by atoms with van der Waals surface area (Å²) in [5, 5.41) is 8.47. The van der Waals surface area contributed by atoms with Gasteiger partial charge < -0.3 is 10.8 Å². The summed E-state index contributed by atoms with van der Waals surface area (Å²) >= 11 is 0. The molecule has 0 amide bonds. The molecule has 0 radical (unpaired) electrons. The van der Waals surface area contributed by atoms with Gasteiger partial charge in [0.1, 0.15) is 0 Å². The van der Waals surface area contributed by atoms with Gasteiger partial charge in [-0.3, -0.25) is 4.18 Å².